The molecule has 4 nitrogen and oxygen atoms in total. The summed E-state index contributed by atoms with van der Waals surface area (Å²) in [7, 11) is 3.15. The van der Waals surface area contributed by atoms with Crippen molar-refractivity contribution in [2.45, 2.75) is 0 Å². The van der Waals surface area contributed by atoms with Gasteiger partial charge in [0.1, 0.15) is 0 Å². The first-order chi connectivity index (χ1) is 8.76. The van der Waals surface area contributed by atoms with Gasteiger partial charge in [-0.1, -0.05) is 18.2 Å². The van der Waals surface area contributed by atoms with Gasteiger partial charge >= 0.3 is 0 Å². The Morgan fingerprint density at radius 3 is 2.11 bits per heavy atom. The monoisotopic (exact) mass is 245 g/mol. The van der Waals surface area contributed by atoms with Gasteiger partial charge in [0.15, 0.2) is 17.2 Å². The van der Waals surface area contributed by atoms with Gasteiger partial charge in [-0.25, -0.2) is 0 Å². The van der Waals surface area contributed by atoms with Gasteiger partial charge < -0.3 is 19.9 Å². The van der Waals surface area contributed by atoms with E-state index in [-0.39, 0.29) is 0 Å². The molecule has 0 aromatic heterocycles. The summed E-state index contributed by atoms with van der Waals surface area (Å²) in [5, 5.41) is 0. The number of methoxy groups -OCH3 is 2. The minimum Gasteiger partial charge on any atom is -0.493 e. The molecule has 0 amide bonds. The van der Waals surface area contributed by atoms with Crippen LogP contribution in [0.1, 0.15) is 0 Å². The van der Waals surface area contributed by atoms with Crippen molar-refractivity contribution in [3.8, 4) is 23.0 Å². The highest BCUT2D eigenvalue weighted by Gasteiger charge is 2.12. The molecule has 2 N–H and O–H groups in total. The minimum absolute atomic E-state index is 0.545. The molecule has 0 aliphatic heterocycles. The highest BCUT2D eigenvalue weighted by Crippen LogP contribution is 2.40. The Bertz CT molecular complexity index is 540. The van der Waals surface area contributed by atoms with Crippen LogP contribution in [0, 0.1) is 0 Å². The van der Waals surface area contributed by atoms with Crippen molar-refractivity contribution in [1.29, 1.82) is 0 Å². The molecule has 94 valence electrons. The van der Waals surface area contributed by atoms with Crippen molar-refractivity contribution in [3.05, 3.63) is 42.5 Å². The molecule has 0 heterocycles. The summed E-state index contributed by atoms with van der Waals surface area (Å²) in [4.78, 5) is 0. The first-order valence-corrected chi connectivity index (χ1v) is 5.49. The second-order valence-electron chi connectivity index (χ2n) is 3.63. The summed E-state index contributed by atoms with van der Waals surface area (Å²) in [6.07, 6.45) is 0. The van der Waals surface area contributed by atoms with Crippen LogP contribution in [0.25, 0.3) is 0 Å². The van der Waals surface area contributed by atoms with E-state index in [0.717, 1.165) is 0 Å². The fourth-order valence-electron chi connectivity index (χ4n) is 1.63. The Morgan fingerprint density at radius 2 is 1.44 bits per heavy atom. The Balaban J connectivity index is 2.37. The molecule has 18 heavy (non-hydrogen) atoms. The van der Waals surface area contributed by atoms with Crippen LogP contribution in [0.4, 0.5) is 5.69 Å². The molecule has 4 heteroatoms. The number of hydrogen-bond donors (Lipinski definition) is 1. The van der Waals surface area contributed by atoms with Gasteiger partial charge in [0.05, 0.1) is 19.9 Å². The van der Waals surface area contributed by atoms with E-state index in [9.17, 15) is 0 Å². The van der Waals surface area contributed by atoms with Crippen LogP contribution in [0.5, 0.6) is 23.0 Å². The van der Waals surface area contributed by atoms with Crippen molar-refractivity contribution in [2.24, 2.45) is 0 Å². The van der Waals surface area contributed by atoms with E-state index in [0.29, 0.717) is 28.7 Å². The van der Waals surface area contributed by atoms with Crippen LogP contribution in [0.2, 0.25) is 0 Å². The van der Waals surface area contributed by atoms with Gasteiger partial charge in [-0.2, -0.15) is 0 Å². The van der Waals surface area contributed by atoms with Crippen LogP contribution >= 0.6 is 0 Å². The smallest absolute Gasteiger partial charge is 0.203 e. The van der Waals surface area contributed by atoms with E-state index in [1.807, 2.05) is 18.2 Å². The lowest BCUT2D eigenvalue weighted by atomic mass is 10.2. The van der Waals surface area contributed by atoms with E-state index in [2.05, 4.69) is 0 Å². The molecular formula is C14H15NO3. The molecule has 0 atom stereocenters. The lowest BCUT2D eigenvalue weighted by Crippen LogP contribution is -1.96. The van der Waals surface area contributed by atoms with E-state index >= 15 is 0 Å². The van der Waals surface area contributed by atoms with Gasteiger partial charge in [-0.15, -0.1) is 0 Å². The number of nitrogens with two attached hydrogens (primary N) is 1. The number of benzene rings is 2. The summed E-state index contributed by atoms with van der Waals surface area (Å²) in [6.45, 7) is 0. The second kappa shape index (κ2) is 5.31. The Hall–Kier alpha value is -2.36. The fraction of sp³-hybridized carbons (Fsp3) is 0.143. The highest BCUT2D eigenvalue weighted by atomic mass is 16.5. The van der Waals surface area contributed by atoms with Crippen LogP contribution in [-0.4, -0.2) is 14.2 Å². The first kappa shape index (κ1) is 12.1. The van der Waals surface area contributed by atoms with Gasteiger partial charge in [-0.3, -0.25) is 0 Å². The van der Waals surface area contributed by atoms with Crippen LogP contribution in [-0.2, 0) is 0 Å². The molecule has 0 fully saturated rings. The summed E-state index contributed by atoms with van der Waals surface area (Å²) >= 11 is 0. The molecule has 2 rings (SSSR count). The van der Waals surface area contributed by atoms with Gasteiger partial charge in [0.2, 0.25) is 5.75 Å². The SMILES string of the molecule is COc1cccc(Oc2ccccc2N)c1OC. The highest BCUT2D eigenvalue weighted by molar-refractivity contribution is 5.57. The quantitative estimate of drug-likeness (QED) is 0.841. The molecule has 2 aromatic carbocycles. The zero-order chi connectivity index (χ0) is 13.0. The van der Waals surface area contributed by atoms with Crippen molar-refractivity contribution in [3.63, 3.8) is 0 Å². The Kier molecular flexibility index (Phi) is 3.57. The Labute approximate surface area is 106 Å². The van der Waals surface area contributed by atoms with Gasteiger partial charge in [-0.05, 0) is 24.3 Å². The summed E-state index contributed by atoms with van der Waals surface area (Å²) in [6, 6.07) is 12.7. The van der Waals surface area contributed by atoms with Crippen molar-refractivity contribution in [1.82, 2.24) is 0 Å². The van der Waals surface area contributed by atoms with Crippen molar-refractivity contribution < 1.29 is 14.2 Å². The van der Waals surface area contributed by atoms with Crippen LogP contribution in [0.3, 0.4) is 0 Å². The number of nitrogen functional groups attached to an aromatic ring is 1. The maximum absolute atomic E-state index is 5.83. The summed E-state index contributed by atoms with van der Waals surface area (Å²) < 4.78 is 16.2. The standard InChI is InChI=1S/C14H15NO3/c1-16-12-8-5-9-13(14(12)17-2)18-11-7-4-3-6-10(11)15/h3-9H,15H2,1-2H3. The topological polar surface area (TPSA) is 53.7 Å². The van der Waals surface area contributed by atoms with Crippen LogP contribution in [0.15, 0.2) is 42.5 Å². The predicted molar refractivity (Wildman–Crippen MR) is 70.5 cm³/mol. The zero-order valence-corrected chi connectivity index (χ0v) is 10.3. The van der Waals surface area contributed by atoms with Gasteiger partial charge in [0.25, 0.3) is 0 Å². The summed E-state index contributed by atoms with van der Waals surface area (Å²) in [5.41, 5.74) is 6.41. The zero-order valence-electron chi connectivity index (χ0n) is 10.3. The number of para-hydroxylation sites is 3. The lowest BCUT2D eigenvalue weighted by Gasteiger charge is -2.14. The van der Waals surface area contributed by atoms with Crippen molar-refractivity contribution >= 4 is 5.69 Å². The van der Waals surface area contributed by atoms with E-state index < -0.39 is 0 Å². The summed E-state index contributed by atoms with van der Waals surface area (Å²) in [5.74, 6) is 2.31. The largest absolute Gasteiger partial charge is 0.493 e. The number of rotatable bonds is 4. The Morgan fingerprint density at radius 1 is 0.778 bits per heavy atom. The molecule has 0 spiro atoms. The van der Waals surface area contributed by atoms with E-state index in [4.69, 9.17) is 19.9 Å². The predicted octanol–water partition coefficient (Wildman–Crippen LogP) is 3.08. The minimum atomic E-state index is 0.545. The molecular weight excluding hydrogens is 230 g/mol. The molecule has 0 unspecified atom stereocenters. The van der Waals surface area contributed by atoms with Crippen molar-refractivity contribution in [2.75, 3.05) is 20.0 Å². The molecule has 0 radical (unpaired) electrons. The molecule has 0 aliphatic rings. The number of ether oxygens (including phenoxy) is 3. The molecule has 0 saturated carbocycles. The average Bonchev–Trinajstić information content (AvgIpc) is 2.41. The second-order valence-corrected chi connectivity index (χ2v) is 3.63. The lowest BCUT2D eigenvalue weighted by molar-refractivity contribution is 0.336. The third-order valence-corrected chi connectivity index (χ3v) is 2.51. The van der Waals surface area contributed by atoms with Crippen LogP contribution < -0.4 is 19.9 Å². The molecule has 0 saturated heterocycles. The first-order valence-electron chi connectivity index (χ1n) is 5.49. The third kappa shape index (κ3) is 2.32. The number of anilines is 1. The average molecular weight is 245 g/mol. The molecule has 2 aromatic rings. The fourth-order valence-corrected chi connectivity index (χ4v) is 1.63. The van der Waals surface area contributed by atoms with E-state index in [1.165, 1.54) is 0 Å². The number of hydrogen-bond acceptors (Lipinski definition) is 4. The third-order valence-electron chi connectivity index (χ3n) is 2.51. The molecule has 0 bridgehead atoms. The maximum atomic E-state index is 5.83. The maximum Gasteiger partial charge on any atom is 0.203 e. The van der Waals surface area contributed by atoms with Gasteiger partial charge in [0, 0.05) is 0 Å². The normalized spacial score (nSPS) is 9.89. The molecule has 0 aliphatic carbocycles. The van der Waals surface area contributed by atoms with E-state index in [1.54, 1.807) is 38.5 Å².